The van der Waals surface area contributed by atoms with Gasteiger partial charge in [0.2, 0.25) is 0 Å². The highest BCUT2D eigenvalue weighted by atomic mass is 19.4. The Morgan fingerprint density at radius 3 is 2.58 bits per heavy atom. The van der Waals surface area contributed by atoms with Crippen LogP contribution in [-0.4, -0.2) is 23.0 Å². The van der Waals surface area contributed by atoms with Crippen LogP contribution in [0.2, 0.25) is 0 Å². The van der Waals surface area contributed by atoms with E-state index in [9.17, 15) is 32.3 Å². The molecule has 4 rings (SSSR count). The molecule has 0 radical (unpaired) electrons. The van der Waals surface area contributed by atoms with E-state index in [1.807, 2.05) is 0 Å². The van der Waals surface area contributed by atoms with E-state index in [-0.39, 0.29) is 17.5 Å². The minimum Gasteiger partial charge on any atom is -0.393 e. The molecule has 1 aliphatic heterocycles. The fourth-order valence-corrected chi connectivity index (χ4v) is 4.43. The van der Waals surface area contributed by atoms with Crippen molar-refractivity contribution in [1.82, 2.24) is 5.32 Å². The normalized spacial score (nSPS) is 23.3. The highest BCUT2D eigenvalue weighted by Crippen LogP contribution is 2.42. The number of nitrogens with one attached hydrogen (secondary N) is 2. The van der Waals surface area contributed by atoms with Gasteiger partial charge in [0, 0.05) is 28.3 Å². The molecular weight excluding hydrogens is 416 g/mol. The van der Waals surface area contributed by atoms with E-state index in [0.717, 1.165) is 18.9 Å². The number of amides is 2. The summed E-state index contributed by atoms with van der Waals surface area (Å²) < 4.78 is 52.7. The molecule has 0 spiro atoms. The topological polar surface area (TPSA) is 78.4 Å². The van der Waals surface area contributed by atoms with Gasteiger partial charge in [-0.15, -0.1) is 0 Å². The first kappa shape index (κ1) is 21.3. The zero-order chi connectivity index (χ0) is 22.3. The predicted molar refractivity (Wildman–Crippen MR) is 104 cm³/mol. The summed E-state index contributed by atoms with van der Waals surface area (Å²) in [4.78, 5) is 25.1. The van der Waals surface area contributed by atoms with Crippen LogP contribution in [0.15, 0.2) is 36.4 Å². The maximum Gasteiger partial charge on any atom is 0.416 e. The molecule has 1 fully saturated rings. The molecule has 1 aliphatic carbocycles. The van der Waals surface area contributed by atoms with Crippen molar-refractivity contribution in [2.24, 2.45) is 5.92 Å². The Labute approximate surface area is 175 Å². The number of carbonyl (C=O) groups is 2. The maximum atomic E-state index is 13.7. The molecule has 0 saturated heterocycles. The number of hydrogen-bond acceptors (Lipinski definition) is 3. The number of fused-ring (bicyclic) bond motifs is 1. The number of aliphatic hydroxyl groups excluding tert-OH is 1. The lowest BCUT2D eigenvalue weighted by Gasteiger charge is -2.33. The van der Waals surface area contributed by atoms with Crippen molar-refractivity contribution in [1.29, 1.82) is 0 Å². The standard InChI is InChI=1S/C22H20F4N2O3/c23-13-9-11(8-12(10-13)22(24,25)26)20(30)27-16-6-3-5-15-18(16)19(28-21(15)31)14-4-1-2-7-17(14)29/h3,5-6,8-10,14,17,19,29H,1-2,4,7H2,(H,27,30)(H,28,31)/t14-,17-,19?/m1/s1. The number of aliphatic hydroxyl groups is 1. The average Bonchev–Trinajstić information content (AvgIpc) is 3.05. The minimum absolute atomic E-state index is 0.237. The van der Waals surface area contributed by atoms with Crippen molar-refractivity contribution in [2.45, 2.75) is 44.0 Å². The van der Waals surface area contributed by atoms with Gasteiger partial charge in [-0.2, -0.15) is 13.2 Å². The average molecular weight is 436 g/mol. The van der Waals surface area contributed by atoms with Gasteiger partial charge in [-0.25, -0.2) is 4.39 Å². The minimum atomic E-state index is -4.80. The van der Waals surface area contributed by atoms with Crippen LogP contribution in [0.25, 0.3) is 0 Å². The Morgan fingerprint density at radius 1 is 1.13 bits per heavy atom. The van der Waals surface area contributed by atoms with Crippen molar-refractivity contribution >= 4 is 17.5 Å². The molecule has 1 heterocycles. The van der Waals surface area contributed by atoms with Gasteiger partial charge in [0.25, 0.3) is 11.8 Å². The zero-order valence-corrected chi connectivity index (χ0v) is 16.3. The van der Waals surface area contributed by atoms with Gasteiger partial charge in [-0.3, -0.25) is 9.59 Å². The number of hydrogen-bond donors (Lipinski definition) is 3. The molecule has 1 saturated carbocycles. The summed E-state index contributed by atoms with van der Waals surface area (Å²) in [5, 5.41) is 15.8. The van der Waals surface area contributed by atoms with E-state index >= 15 is 0 Å². The molecular formula is C22H20F4N2O3. The Balaban J connectivity index is 1.67. The highest BCUT2D eigenvalue weighted by molar-refractivity contribution is 6.07. The number of halogens is 4. The van der Waals surface area contributed by atoms with Gasteiger partial charge in [-0.1, -0.05) is 18.9 Å². The van der Waals surface area contributed by atoms with Crippen molar-refractivity contribution in [2.75, 3.05) is 5.32 Å². The molecule has 2 aliphatic rings. The first-order valence-corrected chi connectivity index (χ1v) is 9.96. The second-order valence-electron chi connectivity index (χ2n) is 7.91. The fraction of sp³-hybridized carbons (Fsp3) is 0.364. The smallest absolute Gasteiger partial charge is 0.393 e. The quantitative estimate of drug-likeness (QED) is 0.623. The van der Waals surface area contributed by atoms with E-state index < -0.39 is 41.2 Å². The van der Waals surface area contributed by atoms with Crippen LogP contribution < -0.4 is 10.6 Å². The molecule has 0 bridgehead atoms. The lowest BCUT2D eigenvalue weighted by Crippen LogP contribution is -2.35. The van der Waals surface area contributed by atoms with Gasteiger partial charge in [-0.05, 0) is 43.2 Å². The third-order valence-corrected chi connectivity index (χ3v) is 5.89. The van der Waals surface area contributed by atoms with Gasteiger partial charge >= 0.3 is 6.18 Å². The van der Waals surface area contributed by atoms with E-state index in [1.165, 1.54) is 6.07 Å². The Kier molecular flexibility index (Phi) is 5.47. The van der Waals surface area contributed by atoms with Crippen LogP contribution in [0.3, 0.4) is 0 Å². The summed E-state index contributed by atoms with van der Waals surface area (Å²) in [5.41, 5.74) is -0.705. The molecule has 9 heteroatoms. The van der Waals surface area contributed by atoms with E-state index in [2.05, 4.69) is 10.6 Å². The van der Waals surface area contributed by atoms with E-state index in [1.54, 1.807) is 12.1 Å². The summed E-state index contributed by atoms with van der Waals surface area (Å²) in [6.45, 7) is 0. The molecule has 164 valence electrons. The van der Waals surface area contributed by atoms with Crippen LogP contribution >= 0.6 is 0 Å². The van der Waals surface area contributed by atoms with Crippen LogP contribution in [0.5, 0.6) is 0 Å². The number of alkyl halides is 3. The lowest BCUT2D eigenvalue weighted by atomic mass is 9.79. The Morgan fingerprint density at radius 2 is 1.87 bits per heavy atom. The Hall–Kier alpha value is -2.94. The monoisotopic (exact) mass is 436 g/mol. The predicted octanol–water partition coefficient (Wildman–Crippen LogP) is 4.43. The highest BCUT2D eigenvalue weighted by Gasteiger charge is 2.40. The van der Waals surface area contributed by atoms with Crippen LogP contribution in [0.1, 0.15) is 63.6 Å². The fourth-order valence-electron chi connectivity index (χ4n) is 4.43. The third kappa shape index (κ3) is 4.14. The molecule has 2 aromatic rings. The second kappa shape index (κ2) is 7.96. The molecule has 3 N–H and O–H groups in total. The Bertz CT molecular complexity index is 1040. The van der Waals surface area contributed by atoms with Gasteiger partial charge in [0.05, 0.1) is 17.7 Å². The molecule has 5 nitrogen and oxygen atoms in total. The third-order valence-electron chi connectivity index (χ3n) is 5.89. The van der Waals surface area contributed by atoms with Crippen molar-refractivity contribution in [3.63, 3.8) is 0 Å². The molecule has 31 heavy (non-hydrogen) atoms. The van der Waals surface area contributed by atoms with Gasteiger partial charge in [0.15, 0.2) is 0 Å². The summed E-state index contributed by atoms with van der Waals surface area (Å²) >= 11 is 0. The van der Waals surface area contributed by atoms with Gasteiger partial charge < -0.3 is 15.7 Å². The van der Waals surface area contributed by atoms with E-state index in [0.29, 0.717) is 36.1 Å². The van der Waals surface area contributed by atoms with Crippen molar-refractivity contribution in [3.05, 3.63) is 64.5 Å². The number of anilines is 1. The first-order valence-electron chi connectivity index (χ1n) is 9.96. The zero-order valence-electron chi connectivity index (χ0n) is 16.3. The van der Waals surface area contributed by atoms with Gasteiger partial charge in [0.1, 0.15) is 5.82 Å². The molecule has 0 aromatic heterocycles. The molecule has 2 aromatic carbocycles. The van der Waals surface area contributed by atoms with Crippen LogP contribution in [0.4, 0.5) is 23.2 Å². The number of benzene rings is 2. The van der Waals surface area contributed by atoms with Crippen molar-refractivity contribution in [3.8, 4) is 0 Å². The second-order valence-corrected chi connectivity index (χ2v) is 7.91. The lowest BCUT2D eigenvalue weighted by molar-refractivity contribution is -0.137. The summed E-state index contributed by atoms with van der Waals surface area (Å²) in [6, 6.07) is 5.74. The van der Waals surface area contributed by atoms with Crippen molar-refractivity contribution < 1.29 is 32.3 Å². The number of carbonyl (C=O) groups excluding carboxylic acids is 2. The molecule has 1 unspecified atom stereocenters. The van der Waals surface area contributed by atoms with Crippen LogP contribution in [0, 0.1) is 11.7 Å². The van der Waals surface area contributed by atoms with Crippen LogP contribution in [-0.2, 0) is 6.18 Å². The largest absolute Gasteiger partial charge is 0.416 e. The summed E-state index contributed by atoms with van der Waals surface area (Å²) in [5.74, 6) is -2.71. The SMILES string of the molecule is O=C(Nc1cccc2c1C([C@@H]1CCCC[C@H]1O)NC2=O)c1cc(F)cc(C(F)(F)F)c1. The molecule has 2 amide bonds. The summed E-state index contributed by atoms with van der Waals surface area (Å²) in [6.07, 6.45) is -2.36. The molecule has 3 atom stereocenters. The first-order chi connectivity index (χ1) is 14.6. The number of rotatable bonds is 3. The van der Waals surface area contributed by atoms with E-state index in [4.69, 9.17) is 0 Å². The maximum absolute atomic E-state index is 13.7. The summed E-state index contributed by atoms with van der Waals surface area (Å²) in [7, 11) is 0.